The van der Waals surface area contributed by atoms with Crippen LogP contribution < -0.4 is 15.0 Å². The van der Waals surface area contributed by atoms with Crippen molar-refractivity contribution in [1.29, 1.82) is 0 Å². The molecule has 0 aliphatic carbocycles. The highest BCUT2D eigenvalue weighted by Crippen LogP contribution is 2.33. The van der Waals surface area contributed by atoms with Gasteiger partial charge in [-0.1, -0.05) is 0 Å². The predicted molar refractivity (Wildman–Crippen MR) is 89.2 cm³/mol. The number of thiophene rings is 1. The van der Waals surface area contributed by atoms with Crippen LogP contribution in [0.1, 0.15) is 9.75 Å². The molecule has 0 radical (unpaired) electrons. The van der Waals surface area contributed by atoms with Gasteiger partial charge in [-0.05, 0) is 35.0 Å². The molecule has 0 saturated carbocycles. The van der Waals surface area contributed by atoms with Gasteiger partial charge in [0.2, 0.25) is 5.88 Å². The van der Waals surface area contributed by atoms with Gasteiger partial charge in [-0.15, -0.1) is 11.3 Å². The Balaban J connectivity index is 2.23. The van der Waals surface area contributed by atoms with Crippen LogP contribution in [0.3, 0.4) is 0 Å². The fourth-order valence-corrected chi connectivity index (χ4v) is 3.45. The van der Waals surface area contributed by atoms with Gasteiger partial charge in [0.15, 0.2) is 0 Å². The molecule has 108 valence electrons. The highest BCUT2D eigenvalue weighted by atomic mass is 79.9. The molecule has 2 aromatic rings. The number of halogens is 1. The van der Waals surface area contributed by atoms with Crippen molar-refractivity contribution in [1.82, 2.24) is 4.98 Å². The minimum absolute atomic E-state index is 0.614. The number of nitrogens with one attached hydrogen (secondary N) is 1. The van der Waals surface area contributed by atoms with Crippen molar-refractivity contribution in [3.8, 4) is 5.88 Å². The van der Waals surface area contributed by atoms with Crippen molar-refractivity contribution in [3.05, 3.63) is 32.6 Å². The molecular weight excluding hydrogens is 338 g/mol. The SMILES string of the molecule is COc1nccc(N(C)C)c1NCc1cc(Br)c(C)s1. The van der Waals surface area contributed by atoms with Gasteiger partial charge in [-0.25, -0.2) is 4.98 Å². The molecular formula is C14H18BrN3OS. The second-order valence-corrected chi connectivity index (χ2v) is 6.77. The fourth-order valence-electron chi connectivity index (χ4n) is 1.91. The number of anilines is 2. The Bertz CT molecular complexity index is 579. The summed E-state index contributed by atoms with van der Waals surface area (Å²) in [5.41, 5.74) is 1.98. The van der Waals surface area contributed by atoms with Gasteiger partial charge < -0.3 is 15.0 Å². The molecule has 0 bridgehead atoms. The molecule has 2 aromatic heterocycles. The number of methoxy groups -OCH3 is 1. The average Bonchev–Trinajstić information content (AvgIpc) is 2.74. The first kappa shape index (κ1) is 15.1. The maximum Gasteiger partial charge on any atom is 0.239 e. The second kappa shape index (κ2) is 6.45. The van der Waals surface area contributed by atoms with Gasteiger partial charge >= 0.3 is 0 Å². The van der Waals surface area contributed by atoms with Crippen LogP contribution in [0.15, 0.2) is 22.8 Å². The van der Waals surface area contributed by atoms with Crippen molar-refractivity contribution in [2.24, 2.45) is 0 Å². The van der Waals surface area contributed by atoms with E-state index in [-0.39, 0.29) is 0 Å². The first-order chi connectivity index (χ1) is 9.52. The number of rotatable bonds is 5. The molecule has 0 atom stereocenters. The largest absolute Gasteiger partial charge is 0.479 e. The van der Waals surface area contributed by atoms with Gasteiger partial charge in [0.25, 0.3) is 0 Å². The van der Waals surface area contributed by atoms with Crippen molar-refractivity contribution in [2.75, 3.05) is 31.4 Å². The topological polar surface area (TPSA) is 37.4 Å². The number of hydrogen-bond donors (Lipinski definition) is 1. The normalized spacial score (nSPS) is 10.4. The lowest BCUT2D eigenvalue weighted by atomic mass is 10.3. The summed E-state index contributed by atoms with van der Waals surface area (Å²) in [5.74, 6) is 0.614. The third-order valence-electron chi connectivity index (χ3n) is 2.92. The van der Waals surface area contributed by atoms with Crippen LogP contribution in [0, 0.1) is 6.92 Å². The zero-order chi connectivity index (χ0) is 14.7. The van der Waals surface area contributed by atoms with Gasteiger partial charge in [-0.3, -0.25) is 0 Å². The van der Waals surface area contributed by atoms with Crippen molar-refractivity contribution in [3.63, 3.8) is 0 Å². The first-order valence-corrected chi connectivity index (χ1v) is 7.83. The van der Waals surface area contributed by atoms with Gasteiger partial charge in [0.1, 0.15) is 5.69 Å². The van der Waals surface area contributed by atoms with E-state index >= 15 is 0 Å². The molecule has 0 spiro atoms. The Labute approximate surface area is 131 Å². The molecule has 1 N–H and O–H groups in total. The summed E-state index contributed by atoms with van der Waals surface area (Å²) >= 11 is 5.32. The van der Waals surface area contributed by atoms with Crippen LogP contribution in [0.4, 0.5) is 11.4 Å². The van der Waals surface area contributed by atoms with E-state index in [1.807, 2.05) is 25.1 Å². The van der Waals surface area contributed by atoms with E-state index < -0.39 is 0 Å². The van der Waals surface area contributed by atoms with Gasteiger partial charge in [0.05, 0.1) is 12.8 Å². The molecule has 6 heteroatoms. The standard InChI is InChI=1S/C14H18BrN3OS/c1-9-11(15)7-10(20-9)8-17-13-12(18(2)3)5-6-16-14(13)19-4/h5-7,17H,8H2,1-4H3. The van der Waals surface area contributed by atoms with E-state index in [1.165, 1.54) is 9.75 Å². The molecule has 2 rings (SSSR count). The predicted octanol–water partition coefficient (Wildman–Crippen LogP) is 3.90. The molecule has 0 fully saturated rings. The number of hydrogen-bond acceptors (Lipinski definition) is 5. The van der Waals surface area contributed by atoms with E-state index in [1.54, 1.807) is 24.6 Å². The second-order valence-electron chi connectivity index (χ2n) is 4.58. The van der Waals surface area contributed by atoms with Crippen LogP contribution in [0.25, 0.3) is 0 Å². The molecule has 0 saturated heterocycles. The molecule has 20 heavy (non-hydrogen) atoms. The van der Waals surface area contributed by atoms with E-state index in [9.17, 15) is 0 Å². The fraction of sp³-hybridized carbons (Fsp3) is 0.357. The third kappa shape index (κ3) is 3.24. The zero-order valence-corrected chi connectivity index (χ0v) is 14.4. The highest BCUT2D eigenvalue weighted by Gasteiger charge is 2.12. The van der Waals surface area contributed by atoms with E-state index in [2.05, 4.69) is 39.2 Å². The first-order valence-electron chi connectivity index (χ1n) is 6.22. The minimum Gasteiger partial charge on any atom is -0.479 e. The van der Waals surface area contributed by atoms with Crippen LogP contribution in [0.5, 0.6) is 5.88 Å². The highest BCUT2D eigenvalue weighted by molar-refractivity contribution is 9.10. The molecule has 0 unspecified atom stereocenters. The number of ether oxygens (including phenoxy) is 1. The Kier molecular flexibility index (Phi) is 4.88. The monoisotopic (exact) mass is 355 g/mol. The molecule has 2 heterocycles. The van der Waals surface area contributed by atoms with Crippen LogP contribution in [-0.4, -0.2) is 26.2 Å². The van der Waals surface area contributed by atoms with Gasteiger partial charge in [0, 0.05) is 41.1 Å². The van der Waals surface area contributed by atoms with E-state index in [0.29, 0.717) is 5.88 Å². The maximum absolute atomic E-state index is 5.35. The average molecular weight is 356 g/mol. The summed E-state index contributed by atoms with van der Waals surface area (Å²) in [7, 11) is 5.65. The third-order valence-corrected chi connectivity index (χ3v) is 5.05. The van der Waals surface area contributed by atoms with Crippen LogP contribution >= 0.6 is 27.3 Å². The summed E-state index contributed by atoms with van der Waals surface area (Å²) in [5, 5.41) is 3.43. The number of nitrogens with zero attached hydrogens (tertiary/aromatic N) is 2. The molecule has 4 nitrogen and oxygen atoms in total. The summed E-state index contributed by atoms with van der Waals surface area (Å²) in [6.07, 6.45) is 1.76. The number of aryl methyl sites for hydroxylation is 1. The maximum atomic E-state index is 5.35. The van der Waals surface area contributed by atoms with Gasteiger partial charge in [-0.2, -0.15) is 0 Å². The molecule has 0 amide bonds. The lowest BCUT2D eigenvalue weighted by molar-refractivity contribution is 0.400. The van der Waals surface area contributed by atoms with Crippen molar-refractivity contribution < 1.29 is 4.74 Å². The Morgan fingerprint density at radius 2 is 2.20 bits per heavy atom. The zero-order valence-electron chi connectivity index (χ0n) is 12.0. The van der Waals surface area contributed by atoms with E-state index in [4.69, 9.17) is 4.74 Å². The Morgan fingerprint density at radius 1 is 1.45 bits per heavy atom. The van der Waals surface area contributed by atoms with Crippen molar-refractivity contribution >= 4 is 38.6 Å². The van der Waals surface area contributed by atoms with Crippen LogP contribution in [-0.2, 0) is 6.54 Å². The summed E-state index contributed by atoms with van der Waals surface area (Å²) < 4.78 is 6.51. The summed E-state index contributed by atoms with van der Waals surface area (Å²) in [6.45, 7) is 2.86. The smallest absolute Gasteiger partial charge is 0.239 e. The molecule has 0 aliphatic rings. The molecule has 0 aromatic carbocycles. The summed E-state index contributed by atoms with van der Waals surface area (Å²) in [4.78, 5) is 8.86. The van der Waals surface area contributed by atoms with Crippen LogP contribution in [0.2, 0.25) is 0 Å². The summed E-state index contributed by atoms with van der Waals surface area (Å²) in [6, 6.07) is 4.12. The molecule has 0 aliphatic heterocycles. The van der Waals surface area contributed by atoms with Crippen molar-refractivity contribution in [2.45, 2.75) is 13.5 Å². The van der Waals surface area contributed by atoms with E-state index in [0.717, 1.165) is 22.4 Å². The Hall–Kier alpha value is -1.27. The number of aromatic nitrogens is 1. The lowest BCUT2D eigenvalue weighted by Crippen LogP contribution is -2.13. The Morgan fingerprint density at radius 3 is 2.75 bits per heavy atom. The number of pyridine rings is 1. The minimum atomic E-state index is 0.614. The lowest BCUT2D eigenvalue weighted by Gasteiger charge is -2.19. The quantitative estimate of drug-likeness (QED) is 0.882.